The summed E-state index contributed by atoms with van der Waals surface area (Å²) >= 11 is 1.85. The maximum absolute atomic E-state index is 3.23. The van der Waals surface area contributed by atoms with E-state index in [4.69, 9.17) is 0 Å². The van der Waals surface area contributed by atoms with E-state index >= 15 is 0 Å². The van der Waals surface area contributed by atoms with Crippen molar-refractivity contribution < 1.29 is 0 Å². The van der Waals surface area contributed by atoms with Crippen LogP contribution < -0.4 is 5.32 Å². The Hall–Kier alpha value is -0.860. The highest BCUT2D eigenvalue weighted by molar-refractivity contribution is 7.17. The van der Waals surface area contributed by atoms with E-state index in [9.17, 15) is 0 Å². The molecule has 0 aliphatic rings. The van der Waals surface area contributed by atoms with Crippen LogP contribution in [0.2, 0.25) is 0 Å². The molecule has 0 spiro atoms. The molecule has 0 fully saturated rings. The second-order valence-corrected chi connectivity index (χ2v) is 5.04. The van der Waals surface area contributed by atoms with Crippen molar-refractivity contribution in [3.05, 3.63) is 35.2 Å². The Morgan fingerprint density at radius 2 is 2.13 bits per heavy atom. The monoisotopic (exact) mass is 219 g/mol. The van der Waals surface area contributed by atoms with Crippen molar-refractivity contribution in [1.29, 1.82) is 0 Å². The summed E-state index contributed by atoms with van der Waals surface area (Å²) in [6.07, 6.45) is 1.17. The van der Waals surface area contributed by atoms with E-state index < -0.39 is 0 Å². The van der Waals surface area contributed by atoms with Gasteiger partial charge in [-0.2, -0.15) is 0 Å². The average Bonchev–Trinajstić information content (AvgIpc) is 2.62. The molecule has 0 radical (unpaired) electrons. The standard InChI is InChI=1S/C13H17NS/c1-10(8-14-2)7-11-9-15-13-6-4-3-5-12(11)13/h3-6,9-10,14H,7-8H2,1-2H3. The van der Waals surface area contributed by atoms with Crippen LogP contribution in [-0.2, 0) is 6.42 Å². The first-order valence-electron chi connectivity index (χ1n) is 5.41. The number of hydrogen-bond acceptors (Lipinski definition) is 2. The lowest BCUT2D eigenvalue weighted by atomic mass is 10.0. The lowest BCUT2D eigenvalue weighted by molar-refractivity contribution is 0.544. The van der Waals surface area contributed by atoms with Crippen LogP contribution in [0.1, 0.15) is 12.5 Å². The fourth-order valence-corrected chi connectivity index (χ4v) is 2.96. The van der Waals surface area contributed by atoms with E-state index in [-0.39, 0.29) is 0 Å². The Balaban J connectivity index is 2.21. The second kappa shape index (κ2) is 4.77. The lowest BCUT2D eigenvalue weighted by Gasteiger charge is -2.09. The molecule has 2 heteroatoms. The predicted octanol–water partition coefficient (Wildman–Crippen LogP) is 3.30. The topological polar surface area (TPSA) is 12.0 Å². The first-order chi connectivity index (χ1) is 7.31. The summed E-state index contributed by atoms with van der Waals surface area (Å²) < 4.78 is 1.41. The van der Waals surface area contributed by atoms with Gasteiger partial charge < -0.3 is 5.32 Å². The molecule has 1 N–H and O–H groups in total. The zero-order valence-electron chi connectivity index (χ0n) is 9.29. The molecule has 15 heavy (non-hydrogen) atoms. The van der Waals surface area contributed by atoms with Crippen LogP contribution in [0.4, 0.5) is 0 Å². The van der Waals surface area contributed by atoms with Gasteiger partial charge in [-0.1, -0.05) is 25.1 Å². The molecule has 1 aromatic heterocycles. The molecular weight excluding hydrogens is 202 g/mol. The van der Waals surface area contributed by atoms with Gasteiger partial charge in [-0.25, -0.2) is 0 Å². The zero-order chi connectivity index (χ0) is 10.7. The molecule has 0 saturated heterocycles. The number of rotatable bonds is 4. The lowest BCUT2D eigenvalue weighted by Crippen LogP contribution is -2.17. The third kappa shape index (κ3) is 2.39. The Morgan fingerprint density at radius 3 is 2.93 bits per heavy atom. The van der Waals surface area contributed by atoms with Crippen LogP contribution in [-0.4, -0.2) is 13.6 Å². The van der Waals surface area contributed by atoms with E-state index in [0.29, 0.717) is 5.92 Å². The summed E-state index contributed by atoms with van der Waals surface area (Å²) in [7, 11) is 2.02. The summed E-state index contributed by atoms with van der Waals surface area (Å²) in [5.41, 5.74) is 1.50. The maximum atomic E-state index is 3.23. The summed E-state index contributed by atoms with van der Waals surface area (Å²) in [6.45, 7) is 3.38. The fourth-order valence-electron chi connectivity index (χ4n) is 1.99. The highest BCUT2D eigenvalue weighted by Crippen LogP contribution is 2.27. The van der Waals surface area contributed by atoms with Crippen LogP contribution in [0.25, 0.3) is 10.1 Å². The van der Waals surface area contributed by atoms with Gasteiger partial charge in [0.25, 0.3) is 0 Å². The first-order valence-corrected chi connectivity index (χ1v) is 6.29. The van der Waals surface area contributed by atoms with Crippen molar-refractivity contribution in [2.75, 3.05) is 13.6 Å². The molecule has 0 bridgehead atoms. The Morgan fingerprint density at radius 1 is 1.33 bits per heavy atom. The SMILES string of the molecule is CNCC(C)Cc1csc2ccccc12. The van der Waals surface area contributed by atoms with E-state index in [1.807, 2.05) is 18.4 Å². The molecular formula is C13H17NS. The Bertz CT molecular complexity index is 433. The third-order valence-corrected chi connectivity index (χ3v) is 3.69. The van der Waals surface area contributed by atoms with Gasteiger partial charge in [0.1, 0.15) is 0 Å². The quantitative estimate of drug-likeness (QED) is 0.832. The highest BCUT2D eigenvalue weighted by atomic mass is 32.1. The van der Waals surface area contributed by atoms with Crippen molar-refractivity contribution in [1.82, 2.24) is 5.32 Å². The number of fused-ring (bicyclic) bond motifs is 1. The van der Waals surface area contributed by atoms with E-state index in [1.165, 1.54) is 22.1 Å². The van der Waals surface area contributed by atoms with Crippen molar-refractivity contribution >= 4 is 21.4 Å². The van der Waals surface area contributed by atoms with Gasteiger partial charge in [-0.05, 0) is 48.3 Å². The number of thiophene rings is 1. The minimum Gasteiger partial charge on any atom is -0.319 e. The van der Waals surface area contributed by atoms with Crippen LogP contribution in [0.3, 0.4) is 0 Å². The molecule has 0 aliphatic carbocycles. The largest absolute Gasteiger partial charge is 0.319 e. The highest BCUT2D eigenvalue weighted by Gasteiger charge is 2.07. The van der Waals surface area contributed by atoms with Crippen molar-refractivity contribution in [3.63, 3.8) is 0 Å². The summed E-state index contributed by atoms with van der Waals surface area (Å²) in [6, 6.07) is 8.67. The molecule has 1 aromatic carbocycles. The number of nitrogens with one attached hydrogen (secondary N) is 1. The maximum Gasteiger partial charge on any atom is 0.0345 e. The third-order valence-electron chi connectivity index (χ3n) is 2.68. The van der Waals surface area contributed by atoms with Crippen molar-refractivity contribution in [2.45, 2.75) is 13.3 Å². The Labute approximate surface area is 95.1 Å². The Kier molecular flexibility index (Phi) is 3.39. The molecule has 0 saturated carbocycles. The van der Waals surface area contributed by atoms with Gasteiger partial charge in [0.2, 0.25) is 0 Å². The first kappa shape index (κ1) is 10.7. The molecule has 1 atom stereocenters. The summed E-state index contributed by atoms with van der Waals surface area (Å²) in [5, 5.41) is 6.97. The molecule has 1 heterocycles. The second-order valence-electron chi connectivity index (χ2n) is 4.12. The molecule has 80 valence electrons. The number of hydrogen-bond donors (Lipinski definition) is 1. The molecule has 2 rings (SSSR count). The molecule has 1 nitrogen and oxygen atoms in total. The fraction of sp³-hybridized carbons (Fsp3) is 0.385. The summed E-state index contributed by atoms with van der Waals surface area (Å²) in [5.74, 6) is 0.702. The molecule has 2 aromatic rings. The summed E-state index contributed by atoms with van der Waals surface area (Å²) in [4.78, 5) is 0. The molecule has 0 aliphatic heterocycles. The van der Waals surface area contributed by atoms with Crippen LogP contribution in [0, 0.1) is 5.92 Å². The average molecular weight is 219 g/mol. The smallest absolute Gasteiger partial charge is 0.0345 e. The van der Waals surface area contributed by atoms with Gasteiger partial charge in [0.05, 0.1) is 0 Å². The predicted molar refractivity (Wildman–Crippen MR) is 68.6 cm³/mol. The van der Waals surface area contributed by atoms with Crippen LogP contribution in [0.15, 0.2) is 29.6 Å². The van der Waals surface area contributed by atoms with Crippen LogP contribution in [0.5, 0.6) is 0 Å². The van der Waals surface area contributed by atoms with E-state index in [1.54, 1.807) is 0 Å². The minimum absolute atomic E-state index is 0.702. The normalized spacial score (nSPS) is 13.2. The van der Waals surface area contributed by atoms with Gasteiger partial charge in [-0.15, -0.1) is 11.3 Å². The molecule has 0 amide bonds. The van der Waals surface area contributed by atoms with E-state index in [2.05, 4.69) is 41.9 Å². The van der Waals surface area contributed by atoms with Crippen molar-refractivity contribution in [2.24, 2.45) is 5.92 Å². The molecule has 1 unspecified atom stereocenters. The van der Waals surface area contributed by atoms with Gasteiger partial charge >= 0.3 is 0 Å². The van der Waals surface area contributed by atoms with Crippen LogP contribution >= 0.6 is 11.3 Å². The van der Waals surface area contributed by atoms with Gasteiger partial charge in [-0.3, -0.25) is 0 Å². The van der Waals surface area contributed by atoms with E-state index in [0.717, 1.165) is 6.54 Å². The van der Waals surface area contributed by atoms with Gasteiger partial charge in [0.15, 0.2) is 0 Å². The van der Waals surface area contributed by atoms with Gasteiger partial charge in [0, 0.05) is 4.70 Å². The number of benzene rings is 1. The van der Waals surface area contributed by atoms with Crippen molar-refractivity contribution in [3.8, 4) is 0 Å². The minimum atomic E-state index is 0.702. The zero-order valence-corrected chi connectivity index (χ0v) is 10.1.